The quantitative estimate of drug-likeness (QED) is 0.838. The van der Waals surface area contributed by atoms with Crippen LogP contribution >= 0.6 is 0 Å². The van der Waals surface area contributed by atoms with Crippen molar-refractivity contribution in [1.82, 2.24) is 25.0 Å². The number of aromatic amines is 1. The molecule has 4 rings (SSSR count). The van der Waals surface area contributed by atoms with Crippen LogP contribution in [0, 0.1) is 5.92 Å². The second-order valence-corrected chi connectivity index (χ2v) is 8.08. The molecule has 0 radical (unpaired) electrons. The van der Waals surface area contributed by atoms with Crippen molar-refractivity contribution in [3.05, 3.63) is 51.7 Å². The lowest BCUT2D eigenvalue weighted by Gasteiger charge is -2.42. The van der Waals surface area contributed by atoms with E-state index in [1.807, 2.05) is 16.7 Å². The summed E-state index contributed by atoms with van der Waals surface area (Å²) < 4.78 is 1.95. The highest BCUT2D eigenvalue weighted by Crippen LogP contribution is 2.34. The van der Waals surface area contributed by atoms with E-state index in [9.17, 15) is 9.59 Å². The minimum Gasteiger partial charge on any atom is -0.349 e. The molecule has 0 aliphatic carbocycles. The monoisotopic (exact) mass is 369 g/mol. The summed E-state index contributed by atoms with van der Waals surface area (Å²) in [7, 11) is 0. The first kappa shape index (κ1) is 18.0. The number of nitrogens with one attached hydrogen (secondary N) is 2. The number of aromatic nitrogens is 3. The van der Waals surface area contributed by atoms with Gasteiger partial charge in [0.2, 0.25) is 0 Å². The average molecular weight is 369 g/mol. The van der Waals surface area contributed by atoms with Crippen LogP contribution in [-0.2, 0) is 6.54 Å². The Bertz CT molecular complexity index is 884. The zero-order chi connectivity index (χ0) is 19.0. The van der Waals surface area contributed by atoms with Gasteiger partial charge in [0.1, 0.15) is 5.69 Å². The van der Waals surface area contributed by atoms with E-state index < -0.39 is 0 Å². The molecule has 7 heteroatoms. The third-order valence-electron chi connectivity index (χ3n) is 5.72. The molecule has 27 heavy (non-hydrogen) atoms. The summed E-state index contributed by atoms with van der Waals surface area (Å²) in [5.41, 5.74) is 2.69. The number of carbonyl (C=O) groups is 1. The van der Waals surface area contributed by atoms with Crippen molar-refractivity contribution in [3.63, 3.8) is 0 Å². The highest BCUT2D eigenvalue weighted by atomic mass is 16.2. The number of carbonyl (C=O) groups excluding carboxylic acids is 1. The number of fused-ring (bicyclic) bond motifs is 4. The fraction of sp³-hybridized carbons (Fsp3) is 0.550. The molecule has 7 nitrogen and oxygen atoms in total. The van der Waals surface area contributed by atoms with Crippen molar-refractivity contribution < 1.29 is 4.79 Å². The second-order valence-electron chi connectivity index (χ2n) is 8.08. The summed E-state index contributed by atoms with van der Waals surface area (Å²) in [6.45, 7) is 8.27. The molecule has 1 fully saturated rings. The lowest BCUT2D eigenvalue weighted by Crippen LogP contribution is -2.48. The van der Waals surface area contributed by atoms with E-state index in [1.54, 1.807) is 6.07 Å². The standard InChI is InChI=1S/C20H27N5O2/c1-13(2)16-9-17(23-22-16)20(27)21-6-7-24-10-14-8-15(12-24)18-4-3-5-19(26)25(18)11-14/h3-5,9,13-15H,6-8,10-12H2,1-2H3,(H,21,27)(H,22,23)/t14-,15+/m1/s1. The van der Waals surface area contributed by atoms with Crippen molar-refractivity contribution >= 4 is 5.91 Å². The summed E-state index contributed by atoms with van der Waals surface area (Å²) in [5.74, 6) is 1.10. The predicted octanol–water partition coefficient (Wildman–Crippen LogP) is 1.54. The summed E-state index contributed by atoms with van der Waals surface area (Å²) in [4.78, 5) is 26.8. The fourth-order valence-corrected chi connectivity index (χ4v) is 4.34. The molecule has 2 aromatic heterocycles. The van der Waals surface area contributed by atoms with E-state index in [4.69, 9.17) is 0 Å². The fourth-order valence-electron chi connectivity index (χ4n) is 4.34. The number of hydrogen-bond donors (Lipinski definition) is 2. The molecule has 4 heterocycles. The van der Waals surface area contributed by atoms with Crippen LogP contribution < -0.4 is 10.9 Å². The van der Waals surface area contributed by atoms with Crippen LogP contribution in [0.15, 0.2) is 29.1 Å². The average Bonchev–Trinajstić information content (AvgIpc) is 3.13. The molecule has 144 valence electrons. The van der Waals surface area contributed by atoms with Crippen LogP contribution in [0.3, 0.4) is 0 Å². The number of hydrogen-bond acceptors (Lipinski definition) is 4. The number of rotatable bonds is 5. The van der Waals surface area contributed by atoms with Gasteiger partial charge in [0.05, 0.1) is 0 Å². The molecule has 2 atom stereocenters. The summed E-state index contributed by atoms with van der Waals surface area (Å²) in [6, 6.07) is 7.41. The Balaban J connectivity index is 1.32. The Morgan fingerprint density at radius 1 is 1.33 bits per heavy atom. The van der Waals surface area contributed by atoms with E-state index in [1.165, 1.54) is 0 Å². The molecule has 2 aliphatic rings. The Kier molecular flexibility index (Phi) is 4.86. The third kappa shape index (κ3) is 3.69. The van der Waals surface area contributed by atoms with Gasteiger partial charge in [-0.1, -0.05) is 19.9 Å². The normalized spacial score (nSPS) is 21.9. The van der Waals surface area contributed by atoms with Gasteiger partial charge in [-0.15, -0.1) is 0 Å². The maximum absolute atomic E-state index is 12.3. The van der Waals surface area contributed by atoms with Gasteiger partial charge in [-0.2, -0.15) is 5.10 Å². The zero-order valence-corrected chi connectivity index (χ0v) is 15.9. The molecule has 2 bridgehead atoms. The summed E-state index contributed by atoms with van der Waals surface area (Å²) in [6.07, 6.45) is 1.15. The van der Waals surface area contributed by atoms with Crippen molar-refractivity contribution in [2.45, 2.75) is 38.6 Å². The number of pyridine rings is 1. The maximum atomic E-state index is 12.3. The molecule has 0 spiro atoms. The van der Waals surface area contributed by atoms with Gasteiger partial charge in [-0.3, -0.25) is 14.7 Å². The number of piperidine rings is 1. The molecule has 2 aromatic rings. The zero-order valence-electron chi connectivity index (χ0n) is 15.9. The van der Waals surface area contributed by atoms with Gasteiger partial charge in [-0.25, -0.2) is 0 Å². The van der Waals surface area contributed by atoms with Gasteiger partial charge in [0.15, 0.2) is 0 Å². The van der Waals surface area contributed by atoms with Crippen molar-refractivity contribution in [3.8, 4) is 0 Å². The van der Waals surface area contributed by atoms with Crippen molar-refractivity contribution in [1.29, 1.82) is 0 Å². The molecule has 0 saturated carbocycles. The SMILES string of the molecule is CC(C)c1cc(C(=O)NCCN2C[C@H]3C[C@@H](C2)c2cccc(=O)n2C3)n[nH]1. The lowest BCUT2D eigenvalue weighted by atomic mass is 9.83. The number of nitrogens with zero attached hydrogens (tertiary/aromatic N) is 3. The van der Waals surface area contributed by atoms with Crippen LogP contribution in [-0.4, -0.2) is 51.8 Å². The van der Waals surface area contributed by atoms with Crippen molar-refractivity contribution in [2.75, 3.05) is 26.2 Å². The first-order valence-corrected chi connectivity index (χ1v) is 9.77. The smallest absolute Gasteiger partial charge is 0.271 e. The van der Waals surface area contributed by atoms with Crippen LogP contribution in [0.4, 0.5) is 0 Å². The highest BCUT2D eigenvalue weighted by molar-refractivity contribution is 5.92. The van der Waals surface area contributed by atoms with Crippen LogP contribution in [0.2, 0.25) is 0 Å². The second kappa shape index (κ2) is 7.31. The maximum Gasteiger partial charge on any atom is 0.271 e. The van der Waals surface area contributed by atoms with Crippen LogP contribution in [0.25, 0.3) is 0 Å². The Labute approximate surface area is 158 Å². The molecule has 0 aromatic carbocycles. The van der Waals surface area contributed by atoms with Gasteiger partial charge in [-0.05, 0) is 30.4 Å². The van der Waals surface area contributed by atoms with E-state index in [0.29, 0.717) is 30.0 Å². The van der Waals surface area contributed by atoms with Crippen molar-refractivity contribution in [2.24, 2.45) is 5.92 Å². The van der Waals surface area contributed by atoms with Gasteiger partial charge in [0, 0.05) is 56.1 Å². The topological polar surface area (TPSA) is 83.0 Å². The minimum absolute atomic E-state index is 0.114. The first-order chi connectivity index (χ1) is 13.0. The lowest BCUT2D eigenvalue weighted by molar-refractivity contribution is 0.0923. The predicted molar refractivity (Wildman–Crippen MR) is 103 cm³/mol. The van der Waals surface area contributed by atoms with E-state index in [-0.39, 0.29) is 11.5 Å². The van der Waals surface area contributed by atoms with Gasteiger partial charge >= 0.3 is 0 Å². The minimum atomic E-state index is -0.132. The molecular weight excluding hydrogens is 342 g/mol. The number of amides is 1. The molecule has 1 amide bonds. The Morgan fingerprint density at radius 2 is 2.19 bits per heavy atom. The first-order valence-electron chi connectivity index (χ1n) is 9.77. The Morgan fingerprint density at radius 3 is 2.96 bits per heavy atom. The van der Waals surface area contributed by atoms with Crippen LogP contribution in [0.5, 0.6) is 0 Å². The molecular formula is C20H27N5O2. The van der Waals surface area contributed by atoms with E-state index >= 15 is 0 Å². The van der Waals surface area contributed by atoms with Gasteiger partial charge in [0.25, 0.3) is 11.5 Å². The molecule has 2 aliphatic heterocycles. The number of H-pyrrole nitrogens is 1. The van der Waals surface area contributed by atoms with Gasteiger partial charge < -0.3 is 14.8 Å². The van der Waals surface area contributed by atoms with Crippen LogP contribution in [0.1, 0.15) is 54.0 Å². The largest absolute Gasteiger partial charge is 0.349 e. The highest BCUT2D eigenvalue weighted by Gasteiger charge is 2.34. The molecule has 1 saturated heterocycles. The van der Waals surface area contributed by atoms with E-state index in [2.05, 4.69) is 40.3 Å². The summed E-state index contributed by atoms with van der Waals surface area (Å²) >= 11 is 0. The number of likely N-dealkylation sites (tertiary alicyclic amines) is 1. The summed E-state index contributed by atoms with van der Waals surface area (Å²) in [5, 5.41) is 9.99. The third-order valence-corrected chi connectivity index (χ3v) is 5.72. The molecule has 2 N–H and O–H groups in total. The van der Waals surface area contributed by atoms with E-state index in [0.717, 1.165) is 44.0 Å². The Hall–Kier alpha value is -2.41. The molecule has 0 unspecified atom stereocenters.